The first-order valence-electron chi connectivity index (χ1n) is 11.7. The second-order valence-corrected chi connectivity index (χ2v) is 8.93. The van der Waals surface area contributed by atoms with Gasteiger partial charge in [0.2, 0.25) is 0 Å². The molecule has 0 atom stereocenters. The lowest BCUT2D eigenvalue weighted by Crippen LogP contribution is -2.50. The van der Waals surface area contributed by atoms with E-state index in [1.54, 1.807) is 11.0 Å². The summed E-state index contributed by atoms with van der Waals surface area (Å²) in [6, 6.07) is 16.2. The summed E-state index contributed by atoms with van der Waals surface area (Å²) in [4.78, 5) is 26.6. The van der Waals surface area contributed by atoms with E-state index in [4.69, 9.17) is 4.74 Å². The average Bonchev–Trinajstić information content (AvgIpc) is 2.90. The molecule has 7 nitrogen and oxygen atoms in total. The van der Waals surface area contributed by atoms with Gasteiger partial charge in [-0.15, -0.1) is 0 Å². The number of hydrogen-bond acceptors (Lipinski definition) is 5. The average molecular weight is 527 g/mol. The fourth-order valence-electron chi connectivity index (χ4n) is 4.68. The van der Waals surface area contributed by atoms with Crippen LogP contribution in [0, 0.1) is 15.9 Å². The summed E-state index contributed by atoms with van der Waals surface area (Å²) in [6.45, 7) is 1.58. The maximum atomic E-state index is 13.6. The first kappa shape index (κ1) is 25.2. The third-order valence-corrected chi connectivity index (χ3v) is 6.60. The summed E-state index contributed by atoms with van der Waals surface area (Å²) in [6.07, 6.45) is -4.95. The zero-order valence-corrected chi connectivity index (χ0v) is 19.9. The van der Waals surface area contributed by atoms with Crippen LogP contribution in [0.5, 0.6) is 5.75 Å². The fraction of sp³-hybridized carbons (Fsp3) is 0.222. The van der Waals surface area contributed by atoms with Crippen molar-refractivity contribution in [2.75, 3.05) is 37.7 Å². The lowest BCUT2D eigenvalue weighted by atomic mass is 10.0. The number of benzene rings is 4. The Kier molecular flexibility index (Phi) is 6.52. The Bertz CT molecular complexity index is 1550. The monoisotopic (exact) mass is 527 g/mol. The number of fused-ring (bicyclic) bond motifs is 2. The summed E-state index contributed by atoms with van der Waals surface area (Å²) in [5, 5.41) is 12.7. The van der Waals surface area contributed by atoms with Crippen molar-refractivity contribution in [2.45, 2.75) is 6.18 Å². The van der Waals surface area contributed by atoms with Crippen LogP contribution in [0.25, 0.3) is 21.5 Å². The van der Waals surface area contributed by atoms with E-state index in [1.165, 1.54) is 30.3 Å². The Labute approximate surface area is 214 Å². The van der Waals surface area contributed by atoms with E-state index in [1.807, 2.05) is 18.2 Å². The maximum absolute atomic E-state index is 13.6. The van der Waals surface area contributed by atoms with E-state index in [2.05, 4.69) is 4.90 Å². The fourth-order valence-corrected chi connectivity index (χ4v) is 4.68. The molecule has 4 aromatic rings. The number of amides is 1. The third kappa shape index (κ3) is 5.04. The molecule has 0 aromatic heterocycles. The summed E-state index contributed by atoms with van der Waals surface area (Å²) in [5.74, 6) is -0.623. The summed E-state index contributed by atoms with van der Waals surface area (Å²) < 4.78 is 59.9. The number of hydrogen-bond donors (Lipinski definition) is 0. The normalized spacial score (nSPS) is 14.2. The number of anilines is 1. The molecule has 1 heterocycles. The van der Waals surface area contributed by atoms with Gasteiger partial charge in [0.15, 0.2) is 6.61 Å². The van der Waals surface area contributed by atoms with Crippen LogP contribution >= 0.6 is 0 Å². The molecule has 0 saturated carbocycles. The highest BCUT2D eigenvalue weighted by Gasteiger charge is 2.40. The molecule has 196 valence electrons. The van der Waals surface area contributed by atoms with Gasteiger partial charge < -0.3 is 14.5 Å². The first-order valence-corrected chi connectivity index (χ1v) is 11.7. The van der Waals surface area contributed by atoms with Crippen molar-refractivity contribution < 1.29 is 32.0 Å². The van der Waals surface area contributed by atoms with Crippen LogP contribution in [-0.4, -0.2) is 48.5 Å². The van der Waals surface area contributed by atoms with Crippen molar-refractivity contribution in [3.05, 3.63) is 88.2 Å². The predicted molar refractivity (Wildman–Crippen MR) is 134 cm³/mol. The molecular formula is C27H21F4N3O4. The molecule has 0 radical (unpaired) electrons. The summed E-state index contributed by atoms with van der Waals surface area (Å²) in [5.41, 5.74) is -1.44. The molecule has 4 aromatic carbocycles. The highest BCUT2D eigenvalue weighted by Crippen LogP contribution is 2.42. The number of carbonyl (C=O) groups excluding carboxylic acids is 1. The van der Waals surface area contributed by atoms with E-state index >= 15 is 0 Å². The lowest BCUT2D eigenvalue weighted by Gasteiger charge is -2.36. The number of ether oxygens (including phenoxy) is 1. The van der Waals surface area contributed by atoms with Crippen LogP contribution in [-0.2, 0) is 11.0 Å². The van der Waals surface area contributed by atoms with Crippen LogP contribution in [0.4, 0.5) is 28.9 Å². The molecular weight excluding hydrogens is 506 g/mol. The summed E-state index contributed by atoms with van der Waals surface area (Å²) in [7, 11) is 0. The molecule has 1 saturated heterocycles. The van der Waals surface area contributed by atoms with E-state index in [0.29, 0.717) is 26.2 Å². The van der Waals surface area contributed by atoms with Crippen LogP contribution < -0.4 is 9.64 Å². The maximum Gasteiger partial charge on any atom is 0.423 e. The predicted octanol–water partition coefficient (Wildman–Crippen LogP) is 5.79. The Hall–Kier alpha value is -4.41. The SMILES string of the molecule is O=C(COc1ccc2ccc([N+](=O)[O-])c(C(F)(F)F)c2c1)N1CCN(c2ccc3cc(F)ccc3c2)CC1. The number of rotatable bonds is 5. The van der Waals surface area contributed by atoms with Gasteiger partial charge in [-0.05, 0) is 58.6 Å². The molecule has 0 bridgehead atoms. The van der Waals surface area contributed by atoms with Gasteiger partial charge in [0, 0.05) is 43.3 Å². The minimum Gasteiger partial charge on any atom is -0.484 e. The quantitative estimate of drug-likeness (QED) is 0.187. The highest BCUT2D eigenvalue weighted by molar-refractivity contribution is 5.91. The van der Waals surface area contributed by atoms with Gasteiger partial charge in [-0.2, -0.15) is 13.2 Å². The van der Waals surface area contributed by atoms with E-state index < -0.39 is 22.4 Å². The Balaban J connectivity index is 1.24. The van der Waals surface area contributed by atoms with Crippen molar-refractivity contribution in [3.63, 3.8) is 0 Å². The largest absolute Gasteiger partial charge is 0.484 e. The number of halogens is 4. The van der Waals surface area contributed by atoms with E-state index in [9.17, 15) is 32.5 Å². The van der Waals surface area contributed by atoms with Crippen molar-refractivity contribution >= 4 is 38.8 Å². The summed E-state index contributed by atoms with van der Waals surface area (Å²) >= 11 is 0. The van der Waals surface area contributed by atoms with Gasteiger partial charge in [0.1, 0.15) is 17.1 Å². The number of alkyl halides is 3. The van der Waals surface area contributed by atoms with Crippen molar-refractivity contribution in [3.8, 4) is 5.75 Å². The smallest absolute Gasteiger partial charge is 0.423 e. The zero-order chi connectivity index (χ0) is 27.0. The number of nitro groups is 1. The van der Waals surface area contributed by atoms with Crippen molar-refractivity contribution in [2.24, 2.45) is 0 Å². The molecule has 1 aliphatic rings. The Morgan fingerprint density at radius 2 is 1.55 bits per heavy atom. The number of nitrogens with zero attached hydrogens (tertiary/aromatic N) is 3. The van der Waals surface area contributed by atoms with E-state index in [-0.39, 0.29) is 34.9 Å². The zero-order valence-electron chi connectivity index (χ0n) is 19.9. The number of carbonyl (C=O) groups is 1. The standard InChI is InChI=1S/C27H21F4N3O4/c28-20-5-1-19-14-21(6-2-18(19)13-20)32-9-11-33(12-10-32)25(35)16-38-22-7-3-17-4-8-24(34(36)37)26(23(17)15-22)27(29,30)31/h1-8,13-15H,9-12,16H2. The molecule has 0 aliphatic carbocycles. The van der Waals surface area contributed by atoms with Crippen LogP contribution in [0.15, 0.2) is 66.7 Å². The molecule has 1 amide bonds. The Morgan fingerprint density at radius 1 is 0.895 bits per heavy atom. The van der Waals surface area contributed by atoms with E-state index in [0.717, 1.165) is 28.6 Å². The van der Waals surface area contributed by atoms with Gasteiger partial charge in [0.25, 0.3) is 11.6 Å². The third-order valence-electron chi connectivity index (χ3n) is 6.60. The molecule has 0 N–H and O–H groups in total. The van der Waals surface area contributed by atoms with Gasteiger partial charge in [-0.3, -0.25) is 14.9 Å². The second kappa shape index (κ2) is 9.81. The number of nitro benzene ring substituents is 1. The highest BCUT2D eigenvalue weighted by atomic mass is 19.4. The molecule has 0 spiro atoms. The van der Waals surface area contributed by atoms with Gasteiger partial charge in [0.05, 0.1) is 4.92 Å². The minimum absolute atomic E-state index is 0.00286. The van der Waals surface area contributed by atoms with Crippen LogP contribution in [0.1, 0.15) is 5.56 Å². The minimum atomic E-state index is -4.95. The molecule has 5 rings (SSSR count). The van der Waals surface area contributed by atoms with Gasteiger partial charge in [-0.25, -0.2) is 4.39 Å². The topological polar surface area (TPSA) is 75.9 Å². The number of piperazine rings is 1. The molecule has 1 aliphatic heterocycles. The molecule has 1 fully saturated rings. The second-order valence-electron chi connectivity index (χ2n) is 8.93. The van der Waals surface area contributed by atoms with Gasteiger partial charge >= 0.3 is 6.18 Å². The molecule has 0 unspecified atom stereocenters. The Morgan fingerprint density at radius 3 is 2.26 bits per heavy atom. The van der Waals surface area contributed by atoms with Crippen molar-refractivity contribution in [1.29, 1.82) is 0 Å². The van der Waals surface area contributed by atoms with Crippen LogP contribution in [0.3, 0.4) is 0 Å². The molecule has 38 heavy (non-hydrogen) atoms. The lowest BCUT2D eigenvalue weighted by molar-refractivity contribution is -0.387. The van der Waals surface area contributed by atoms with Gasteiger partial charge in [-0.1, -0.05) is 18.2 Å². The molecule has 11 heteroatoms. The van der Waals surface area contributed by atoms with Crippen LogP contribution in [0.2, 0.25) is 0 Å². The van der Waals surface area contributed by atoms with Crippen molar-refractivity contribution in [1.82, 2.24) is 4.90 Å². The first-order chi connectivity index (χ1) is 18.1.